The molecule has 0 aliphatic carbocycles. The number of tetrazole rings is 1. The zero-order chi connectivity index (χ0) is 14.8. The molecule has 7 heteroatoms. The molecule has 2 N–H and O–H groups in total. The number of rotatable bonds is 3. The van der Waals surface area contributed by atoms with Crippen LogP contribution in [0.15, 0.2) is 51.4 Å². The highest BCUT2D eigenvalue weighted by atomic mass is 79.9. The zero-order valence-corrected chi connectivity index (χ0v) is 14.0. The highest BCUT2D eigenvalue weighted by Crippen LogP contribution is 2.31. The van der Waals surface area contributed by atoms with E-state index >= 15 is 0 Å². The Morgan fingerprint density at radius 1 is 1.10 bits per heavy atom. The van der Waals surface area contributed by atoms with Crippen molar-refractivity contribution in [2.24, 2.45) is 0 Å². The summed E-state index contributed by atoms with van der Waals surface area (Å²) in [5, 5.41) is 12.0. The maximum atomic E-state index is 5.92. The van der Waals surface area contributed by atoms with Crippen LogP contribution in [0.4, 0.5) is 5.69 Å². The predicted octanol–water partition coefficient (Wildman–Crippen LogP) is 3.50. The Hall–Kier alpha value is -1.73. The van der Waals surface area contributed by atoms with Crippen LogP contribution < -0.4 is 5.73 Å². The first-order chi connectivity index (χ1) is 10.1. The van der Waals surface area contributed by atoms with Crippen molar-refractivity contribution in [3.8, 4) is 11.4 Å². The lowest BCUT2D eigenvalue weighted by Crippen LogP contribution is -2.05. The maximum Gasteiger partial charge on any atom is 0.183 e. The lowest BCUT2D eigenvalue weighted by atomic mass is 10.2. The third kappa shape index (κ3) is 2.98. The lowest BCUT2D eigenvalue weighted by molar-refractivity contribution is 0.653. The number of anilines is 1. The SMILES string of the molecule is Nc1cccc(-c2nnnn2Cc2cccc(Br)c2)c1Br. The Morgan fingerprint density at radius 3 is 2.71 bits per heavy atom. The Morgan fingerprint density at radius 2 is 1.90 bits per heavy atom. The van der Waals surface area contributed by atoms with Gasteiger partial charge in [0, 0.05) is 15.7 Å². The first-order valence-electron chi connectivity index (χ1n) is 6.20. The van der Waals surface area contributed by atoms with Crippen molar-refractivity contribution in [1.29, 1.82) is 0 Å². The van der Waals surface area contributed by atoms with E-state index in [2.05, 4.69) is 47.4 Å². The van der Waals surface area contributed by atoms with Gasteiger partial charge in [-0.1, -0.05) is 34.1 Å². The molecule has 0 unspecified atom stereocenters. The number of aromatic nitrogens is 4. The molecule has 0 aliphatic heterocycles. The van der Waals surface area contributed by atoms with E-state index in [1.165, 1.54) is 0 Å². The second-order valence-corrected chi connectivity index (χ2v) is 6.21. The normalized spacial score (nSPS) is 10.8. The van der Waals surface area contributed by atoms with Crippen LogP contribution >= 0.6 is 31.9 Å². The van der Waals surface area contributed by atoms with Gasteiger partial charge in [-0.05, 0) is 56.2 Å². The van der Waals surface area contributed by atoms with Crippen molar-refractivity contribution in [2.75, 3.05) is 5.73 Å². The molecule has 1 heterocycles. The molecule has 0 fully saturated rings. The molecule has 1 aromatic heterocycles. The van der Waals surface area contributed by atoms with Gasteiger partial charge in [-0.3, -0.25) is 0 Å². The summed E-state index contributed by atoms with van der Waals surface area (Å²) in [6.45, 7) is 0.586. The van der Waals surface area contributed by atoms with Crippen LogP contribution in [-0.4, -0.2) is 20.2 Å². The van der Waals surface area contributed by atoms with Crippen molar-refractivity contribution in [3.05, 3.63) is 57.0 Å². The van der Waals surface area contributed by atoms with Crippen LogP contribution in [0, 0.1) is 0 Å². The van der Waals surface area contributed by atoms with E-state index in [0.717, 1.165) is 20.1 Å². The molecule has 0 spiro atoms. The summed E-state index contributed by atoms with van der Waals surface area (Å²) in [6, 6.07) is 13.7. The molecule has 0 aliphatic rings. The number of nitrogen functional groups attached to an aromatic ring is 1. The van der Waals surface area contributed by atoms with Gasteiger partial charge in [-0.25, -0.2) is 4.68 Å². The minimum atomic E-state index is 0.586. The van der Waals surface area contributed by atoms with Gasteiger partial charge in [0.15, 0.2) is 5.82 Å². The van der Waals surface area contributed by atoms with Crippen molar-refractivity contribution >= 4 is 37.5 Å². The second-order valence-electron chi connectivity index (χ2n) is 4.50. The highest BCUT2D eigenvalue weighted by Gasteiger charge is 2.13. The number of nitrogens with zero attached hydrogens (tertiary/aromatic N) is 4. The summed E-state index contributed by atoms with van der Waals surface area (Å²) in [7, 11) is 0. The Bertz CT molecular complexity index is 785. The van der Waals surface area contributed by atoms with Gasteiger partial charge in [0.1, 0.15) is 0 Å². The predicted molar refractivity (Wildman–Crippen MR) is 88.6 cm³/mol. The maximum absolute atomic E-state index is 5.92. The van der Waals surface area contributed by atoms with Gasteiger partial charge in [0.2, 0.25) is 0 Å². The second kappa shape index (κ2) is 5.95. The lowest BCUT2D eigenvalue weighted by Gasteiger charge is -2.08. The topological polar surface area (TPSA) is 69.6 Å². The van der Waals surface area contributed by atoms with Crippen LogP contribution in [0.25, 0.3) is 11.4 Å². The molecule has 3 aromatic rings. The molecular weight excluding hydrogens is 398 g/mol. The number of halogens is 2. The average molecular weight is 409 g/mol. The molecule has 106 valence electrons. The van der Waals surface area contributed by atoms with Crippen LogP contribution in [0.5, 0.6) is 0 Å². The molecule has 0 saturated carbocycles. The number of benzene rings is 2. The van der Waals surface area contributed by atoms with Crippen LogP contribution in [0.1, 0.15) is 5.56 Å². The summed E-state index contributed by atoms with van der Waals surface area (Å²) < 4.78 is 3.58. The summed E-state index contributed by atoms with van der Waals surface area (Å²) in [6.07, 6.45) is 0. The van der Waals surface area contributed by atoms with E-state index in [-0.39, 0.29) is 0 Å². The standard InChI is InChI=1S/C14H11Br2N5/c15-10-4-1-3-9(7-10)8-21-14(18-19-20-21)11-5-2-6-12(17)13(11)16/h1-7H,8,17H2. The molecule has 3 rings (SSSR count). The molecule has 21 heavy (non-hydrogen) atoms. The van der Waals surface area contributed by atoms with Crippen molar-refractivity contribution in [3.63, 3.8) is 0 Å². The molecular formula is C14H11Br2N5. The van der Waals surface area contributed by atoms with Gasteiger partial charge in [-0.2, -0.15) is 0 Å². The van der Waals surface area contributed by atoms with Crippen molar-refractivity contribution < 1.29 is 0 Å². The van der Waals surface area contributed by atoms with Gasteiger partial charge in [0.05, 0.1) is 11.0 Å². The first kappa shape index (κ1) is 14.2. The highest BCUT2D eigenvalue weighted by molar-refractivity contribution is 9.11. The average Bonchev–Trinajstić information content (AvgIpc) is 2.90. The molecule has 2 aromatic carbocycles. The molecule has 0 bridgehead atoms. The minimum absolute atomic E-state index is 0.586. The summed E-state index contributed by atoms with van der Waals surface area (Å²) in [5.74, 6) is 0.675. The summed E-state index contributed by atoms with van der Waals surface area (Å²) in [5.41, 5.74) is 8.55. The van der Waals surface area contributed by atoms with E-state index in [0.29, 0.717) is 18.1 Å². The van der Waals surface area contributed by atoms with E-state index in [9.17, 15) is 0 Å². The Labute approximate surface area is 138 Å². The van der Waals surface area contributed by atoms with Crippen LogP contribution in [0.3, 0.4) is 0 Å². The largest absolute Gasteiger partial charge is 0.398 e. The van der Waals surface area contributed by atoms with Crippen molar-refractivity contribution in [1.82, 2.24) is 20.2 Å². The van der Waals surface area contributed by atoms with Gasteiger partial charge in [0.25, 0.3) is 0 Å². The molecule has 0 radical (unpaired) electrons. The summed E-state index contributed by atoms with van der Waals surface area (Å²) >= 11 is 6.96. The van der Waals surface area contributed by atoms with Crippen LogP contribution in [0.2, 0.25) is 0 Å². The third-order valence-corrected chi connectivity index (χ3v) is 4.40. The zero-order valence-electron chi connectivity index (χ0n) is 10.9. The summed E-state index contributed by atoms with van der Waals surface area (Å²) in [4.78, 5) is 0. The fourth-order valence-corrected chi connectivity index (χ4v) is 2.92. The van der Waals surface area contributed by atoms with Gasteiger partial charge < -0.3 is 5.73 Å². The molecule has 5 nitrogen and oxygen atoms in total. The smallest absolute Gasteiger partial charge is 0.183 e. The monoisotopic (exact) mass is 407 g/mol. The van der Waals surface area contributed by atoms with Crippen molar-refractivity contribution in [2.45, 2.75) is 6.54 Å². The molecule has 0 amide bonds. The number of nitrogens with two attached hydrogens (primary N) is 1. The number of hydrogen-bond donors (Lipinski definition) is 1. The van der Waals surface area contributed by atoms with E-state index in [1.807, 2.05) is 42.5 Å². The van der Waals surface area contributed by atoms with E-state index in [1.54, 1.807) is 4.68 Å². The van der Waals surface area contributed by atoms with E-state index in [4.69, 9.17) is 5.73 Å². The Kier molecular flexibility index (Phi) is 4.03. The first-order valence-corrected chi connectivity index (χ1v) is 7.79. The fraction of sp³-hybridized carbons (Fsp3) is 0.0714. The number of hydrogen-bond acceptors (Lipinski definition) is 4. The van der Waals surface area contributed by atoms with Gasteiger partial charge in [-0.15, -0.1) is 5.10 Å². The van der Waals surface area contributed by atoms with Crippen LogP contribution in [-0.2, 0) is 6.54 Å². The Balaban J connectivity index is 2.00. The fourth-order valence-electron chi connectivity index (χ4n) is 2.03. The van der Waals surface area contributed by atoms with Gasteiger partial charge >= 0.3 is 0 Å². The molecule has 0 saturated heterocycles. The molecule has 0 atom stereocenters. The van der Waals surface area contributed by atoms with E-state index < -0.39 is 0 Å². The minimum Gasteiger partial charge on any atom is -0.398 e. The third-order valence-electron chi connectivity index (χ3n) is 3.02. The quantitative estimate of drug-likeness (QED) is 0.673.